The summed E-state index contributed by atoms with van der Waals surface area (Å²) in [5, 5.41) is 13.0. The van der Waals surface area contributed by atoms with E-state index in [0.717, 1.165) is 17.5 Å². The second kappa shape index (κ2) is 16.7. The molecule has 48 heavy (non-hydrogen) atoms. The van der Waals surface area contributed by atoms with E-state index in [1.807, 2.05) is 12.1 Å². The fourth-order valence-electron chi connectivity index (χ4n) is 5.28. The number of amides is 2. The molecule has 252 valence electrons. The van der Waals surface area contributed by atoms with E-state index >= 15 is 0 Å². The predicted octanol–water partition coefficient (Wildman–Crippen LogP) is 4.89. The normalized spacial score (nSPS) is 14.1. The Morgan fingerprint density at radius 2 is 1.81 bits per heavy atom. The Hall–Kier alpha value is -4.33. The van der Waals surface area contributed by atoms with Crippen molar-refractivity contribution in [3.05, 3.63) is 81.7 Å². The fourth-order valence-corrected chi connectivity index (χ4v) is 5.85. The second-order valence-corrected chi connectivity index (χ2v) is 11.7. The van der Waals surface area contributed by atoms with E-state index < -0.39 is 5.91 Å². The number of nitrogens with zero attached hydrogens (tertiary/aromatic N) is 3. The maximum atomic E-state index is 13.2. The van der Waals surface area contributed by atoms with Crippen LogP contribution in [-0.4, -0.2) is 73.8 Å². The molecule has 4 aromatic rings. The minimum Gasteiger partial charge on any atom is -0.496 e. The number of pyridine rings is 3. The summed E-state index contributed by atoms with van der Waals surface area (Å²) in [5.41, 5.74) is 4.36. The highest BCUT2D eigenvalue weighted by molar-refractivity contribution is 6.39. The van der Waals surface area contributed by atoms with Crippen LogP contribution in [-0.2, 0) is 22.6 Å². The number of ether oxygens (including phenoxy) is 3. The van der Waals surface area contributed by atoms with Crippen LogP contribution in [0.2, 0.25) is 10.0 Å². The van der Waals surface area contributed by atoms with Crippen molar-refractivity contribution < 1.29 is 23.8 Å². The van der Waals surface area contributed by atoms with Crippen LogP contribution in [0.4, 0.5) is 5.69 Å². The summed E-state index contributed by atoms with van der Waals surface area (Å²) in [5.74, 6) is 0.603. The lowest BCUT2D eigenvalue weighted by Gasteiger charge is -2.15. The molecule has 1 saturated heterocycles. The molecule has 0 bridgehead atoms. The second-order valence-electron chi connectivity index (χ2n) is 11.0. The lowest BCUT2D eigenvalue weighted by atomic mass is 10.1. The van der Waals surface area contributed by atoms with E-state index in [4.69, 9.17) is 42.4 Å². The third-order valence-electron chi connectivity index (χ3n) is 7.79. The zero-order valence-corrected chi connectivity index (χ0v) is 28.4. The van der Waals surface area contributed by atoms with Crippen LogP contribution in [0.5, 0.6) is 11.6 Å². The molecule has 5 rings (SSSR count). The molecule has 1 aliphatic heterocycles. The van der Waals surface area contributed by atoms with Gasteiger partial charge in [0.15, 0.2) is 0 Å². The van der Waals surface area contributed by atoms with E-state index in [1.165, 1.54) is 0 Å². The topological polar surface area (TPSA) is 149 Å². The van der Waals surface area contributed by atoms with Crippen LogP contribution in [0.3, 0.4) is 0 Å². The Morgan fingerprint density at radius 1 is 0.979 bits per heavy atom. The van der Waals surface area contributed by atoms with Crippen molar-refractivity contribution in [3.8, 4) is 34.1 Å². The summed E-state index contributed by atoms with van der Waals surface area (Å²) >= 11 is 13.8. The Morgan fingerprint density at radius 3 is 2.56 bits per heavy atom. The number of nitrogens with one attached hydrogen (secondary N) is 4. The standard InChI is InChI=1S/C34H37Cl2N7O5/c1-46-14-13-37-17-21-18-40-27(15-28(21)47-2)33(45)42-26-6-4-5-24(30(26)35)32-31(36)23(11-12-39-32)25-9-7-20(34(43-25)48-3)16-38-19-22-8-10-29(44)41-22/h4-7,9,11-12,15,18,22,37-38H,8,10,13-14,16-17,19H2,1-3H3,(H,41,44)(H,42,45)/t22-/m0/s1. The van der Waals surface area contributed by atoms with Crippen molar-refractivity contribution in [1.82, 2.24) is 30.9 Å². The monoisotopic (exact) mass is 693 g/mol. The third kappa shape index (κ3) is 8.38. The molecular weight excluding hydrogens is 657 g/mol. The average molecular weight is 695 g/mol. The van der Waals surface area contributed by atoms with Gasteiger partial charge in [-0.3, -0.25) is 19.6 Å². The Balaban J connectivity index is 1.32. The van der Waals surface area contributed by atoms with E-state index in [9.17, 15) is 9.59 Å². The zero-order chi connectivity index (χ0) is 34.0. The predicted molar refractivity (Wildman–Crippen MR) is 185 cm³/mol. The van der Waals surface area contributed by atoms with Crippen molar-refractivity contribution in [1.29, 1.82) is 0 Å². The molecule has 0 saturated carbocycles. The van der Waals surface area contributed by atoms with Gasteiger partial charge in [0.1, 0.15) is 11.4 Å². The molecule has 2 amide bonds. The molecule has 1 fully saturated rings. The number of benzene rings is 1. The first-order valence-corrected chi connectivity index (χ1v) is 16.1. The van der Waals surface area contributed by atoms with Gasteiger partial charge in [-0.2, -0.15) is 0 Å². The Labute approximate surface area is 288 Å². The molecule has 4 heterocycles. The first-order valence-electron chi connectivity index (χ1n) is 15.3. The molecule has 14 heteroatoms. The lowest BCUT2D eigenvalue weighted by Crippen LogP contribution is -2.35. The molecule has 0 radical (unpaired) electrons. The number of hydrogen-bond donors (Lipinski definition) is 4. The summed E-state index contributed by atoms with van der Waals surface area (Å²) in [7, 11) is 4.74. The SMILES string of the molecule is COCCNCc1cnc(C(=O)Nc2cccc(-c3nccc(-c4ccc(CNC[C@@H]5CCC(=O)N5)c(OC)n4)c3Cl)c2Cl)cc1OC. The van der Waals surface area contributed by atoms with Gasteiger partial charge >= 0.3 is 0 Å². The number of hydrogen-bond acceptors (Lipinski definition) is 10. The largest absolute Gasteiger partial charge is 0.496 e. The van der Waals surface area contributed by atoms with Crippen molar-refractivity contribution in [2.45, 2.75) is 32.0 Å². The molecule has 0 aliphatic carbocycles. The molecular formula is C34H37Cl2N7O5. The number of carbonyl (C=O) groups excluding carboxylic acids is 2. The quantitative estimate of drug-likeness (QED) is 0.127. The van der Waals surface area contributed by atoms with Crippen molar-refractivity contribution >= 4 is 40.7 Å². The first-order chi connectivity index (χ1) is 23.3. The highest BCUT2D eigenvalue weighted by atomic mass is 35.5. The fraction of sp³-hybridized carbons (Fsp3) is 0.324. The highest BCUT2D eigenvalue weighted by Crippen LogP contribution is 2.40. The molecule has 3 aromatic heterocycles. The van der Waals surface area contributed by atoms with E-state index in [2.05, 4.69) is 31.2 Å². The minimum absolute atomic E-state index is 0.0826. The Bertz CT molecular complexity index is 1770. The number of aromatic nitrogens is 3. The molecule has 12 nitrogen and oxygen atoms in total. The van der Waals surface area contributed by atoms with Gasteiger partial charge in [0.05, 0.1) is 47.9 Å². The van der Waals surface area contributed by atoms with Crippen LogP contribution in [0.15, 0.2) is 54.9 Å². The van der Waals surface area contributed by atoms with E-state index in [0.29, 0.717) is 84.1 Å². The number of methoxy groups -OCH3 is 3. The van der Waals surface area contributed by atoms with Gasteiger partial charge in [-0.15, -0.1) is 0 Å². The van der Waals surface area contributed by atoms with Crippen molar-refractivity contribution in [3.63, 3.8) is 0 Å². The van der Waals surface area contributed by atoms with Gasteiger partial charge in [-0.25, -0.2) is 4.98 Å². The van der Waals surface area contributed by atoms with E-state index in [1.54, 1.807) is 64.1 Å². The lowest BCUT2D eigenvalue weighted by molar-refractivity contribution is -0.119. The van der Waals surface area contributed by atoms with Crippen molar-refractivity contribution in [2.75, 3.05) is 46.3 Å². The maximum absolute atomic E-state index is 13.2. The summed E-state index contributed by atoms with van der Waals surface area (Å²) in [4.78, 5) is 38.3. The summed E-state index contributed by atoms with van der Waals surface area (Å²) < 4.78 is 16.2. The Kier molecular flexibility index (Phi) is 12.2. The van der Waals surface area contributed by atoms with Crippen LogP contribution >= 0.6 is 23.2 Å². The summed E-state index contributed by atoms with van der Waals surface area (Å²) in [6.07, 6.45) is 4.60. The molecule has 1 atom stereocenters. The van der Waals surface area contributed by atoms with Crippen LogP contribution in [0, 0.1) is 0 Å². The third-order valence-corrected chi connectivity index (χ3v) is 8.58. The van der Waals surface area contributed by atoms with Gasteiger partial charge < -0.3 is 35.5 Å². The summed E-state index contributed by atoms with van der Waals surface area (Å²) in [6.45, 7) is 2.92. The number of rotatable bonds is 15. The molecule has 4 N–H and O–H groups in total. The number of anilines is 1. The molecule has 0 unspecified atom stereocenters. The highest BCUT2D eigenvalue weighted by Gasteiger charge is 2.22. The van der Waals surface area contributed by atoms with Gasteiger partial charge in [-0.05, 0) is 24.6 Å². The van der Waals surface area contributed by atoms with Gasteiger partial charge in [-0.1, -0.05) is 41.4 Å². The van der Waals surface area contributed by atoms with Gasteiger partial charge in [0.2, 0.25) is 11.8 Å². The van der Waals surface area contributed by atoms with Crippen molar-refractivity contribution in [2.24, 2.45) is 0 Å². The molecule has 1 aromatic carbocycles. The minimum atomic E-state index is -0.460. The van der Waals surface area contributed by atoms with Gasteiger partial charge in [0.25, 0.3) is 5.91 Å². The first kappa shape index (κ1) is 35.0. The average Bonchev–Trinajstić information content (AvgIpc) is 3.52. The smallest absolute Gasteiger partial charge is 0.274 e. The molecule has 0 spiro atoms. The maximum Gasteiger partial charge on any atom is 0.274 e. The number of halogens is 2. The summed E-state index contributed by atoms with van der Waals surface area (Å²) in [6, 6.07) is 12.5. The molecule has 1 aliphatic rings. The number of carbonyl (C=O) groups is 2. The zero-order valence-electron chi connectivity index (χ0n) is 26.9. The van der Waals surface area contributed by atoms with Crippen LogP contribution < -0.4 is 30.7 Å². The van der Waals surface area contributed by atoms with E-state index in [-0.39, 0.29) is 22.7 Å². The van der Waals surface area contributed by atoms with Crippen LogP contribution in [0.1, 0.15) is 34.5 Å². The van der Waals surface area contributed by atoms with Crippen LogP contribution in [0.25, 0.3) is 22.5 Å². The van der Waals surface area contributed by atoms with Gasteiger partial charge in [0, 0.05) is 86.5 Å².